The minimum absolute atomic E-state index is 0.0699. The molecule has 2 atom stereocenters. The van der Waals surface area contributed by atoms with Crippen LogP contribution in [-0.2, 0) is 20.9 Å². The Labute approximate surface area is 185 Å². The van der Waals surface area contributed by atoms with Crippen molar-refractivity contribution in [3.63, 3.8) is 0 Å². The summed E-state index contributed by atoms with van der Waals surface area (Å²) in [7, 11) is 0. The highest BCUT2D eigenvalue weighted by molar-refractivity contribution is 7.09. The van der Waals surface area contributed by atoms with Crippen molar-refractivity contribution in [3.05, 3.63) is 39.7 Å². The number of nitrogens with one attached hydrogen (secondary N) is 1. The fourth-order valence-electron chi connectivity index (χ4n) is 3.59. The first-order chi connectivity index (χ1) is 14.5. The van der Waals surface area contributed by atoms with Crippen molar-refractivity contribution in [2.75, 3.05) is 26.4 Å². The molecule has 2 heterocycles. The average Bonchev–Trinajstić information content (AvgIpc) is 3.22. The Hall–Kier alpha value is -2.00. The number of aliphatic hydroxyl groups excluding tert-OH is 1. The summed E-state index contributed by atoms with van der Waals surface area (Å²) >= 11 is 7.42. The van der Waals surface area contributed by atoms with E-state index in [-0.39, 0.29) is 43.6 Å². The van der Waals surface area contributed by atoms with Crippen LogP contribution in [0.1, 0.15) is 24.8 Å². The van der Waals surface area contributed by atoms with Crippen LogP contribution in [0.3, 0.4) is 0 Å². The van der Waals surface area contributed by atoms with E-state index in [1.54, 1.807) is 4.90 Å². The van der Waals surface area contributed by atoms with Gasteiger partial charge in [0.1, 0.15) is 11.6 Å². The van der Waals surface area contributed by atoms with Crippen LogP contribution in [0.15, 0.2) is 29.6 Å². The smallest absolute Gasteiger partial charge is 0.248 e. The van der Waals surface area contributed by atoms with Crippen LogP contribution in [0.2, 0.25) is 5.02 Å². The normalized spacial score (nSPS) is 19.0. The van der Waals surface area contributed by atoms with E-state index in [1.165, 1.54) is 11.3 Å². The molecule has 7 nitrogen and oxygen atoms in total. The number of aromatic nitrogens is 1. The largest absolute Gasteiger partial charge is 0.394 e. The fourth-order valence-corrected chi connectivity index (χ4v) is 4.46. The highest BCUT2D eigenvalue weighted by Gasteiger charge is 2.35. The van der Waals surface area contributed by atoms with Gasteiger partial charge in [-0.05, 0) is 31.9 Å². The topological polar surface area (TPSA) is 91.8 Å². The lowest BCUT2D eigenvalue weighted by atomic mass is 9.89. The highest BCUT2D eigenvalue weighted by Crippen LogP contribution is 2.25. The second-order valence-electron chi connectivity index (χ2n) is 7.20. The zero-order valence-corrected chi connectivity index (χ0v) is 18.4. The Morgan fingerprint density at radius 3 is 2.87 bits per heavy atom. The van der Waals surface area contributed by atoms with Gasteiger partial charge < -0.3 is 20.1 Å². The number of benzene rings is 1. The Bertz CT molecular complexity index is 858. The van der Waals surface area contributed by atoms with Crippen molar-refractivity contribution in [1.82, 2.24) is 15.2 Å². The standard InChI is InChI=1S/C21H26ClN3O4S/c1-14-17(3-2-8-25(14)20(27)12-29-10-9-26)21(28)23-11-19-24-18(13-30-19)15-4-6-16(22)7-5-15/h4-7,13-14,17,26H,2-3,8-12H2,1H3,(H,23,28)/t14-,17-/m0/s1. The number of piperidine rings is 1. The molecule has 1 aliphatic heterocycles. The van der Waals surface area contributed by atoms with Crippen LogP contribution in [0.5, 0.6) is 0 Å². The minimum Gasteiger partial charge on any atom is -0.394 e. The summed E-state index contributed by atoms with van der Waals surface area (Å²) in [6, 6.07) is 7.28. The Balaban J connectivity index is 1.54. The van der Waals surface area contributed by atoms with Crippen LogP contribution in [-0.4, -0.2) is 59.2 Å². The molecule has 1 saturated heterocycles. The summed E-state index contributed by atoms with van der Waals surface area (Å²) in [6.07, 6.45) is 1.51. The number of hydrogen-bond donors (Lipinski definition) is 2. The molecule has 2 N–H and O–H groups in total. The molecule has 9 heteroatoms. The summed E-state index contributed by atoms with van der Waals surface area (Å²) in [4.78, 5) is 31.4. The summed E-state index contributed by atoms with van der Waals surface area (Å²) in [6.45, 7) is 2.80. The predicted molar refractivity (Wildman–Crippen MR) is 116 cm³/mol. The first-order valence-electron chi connectivity index (χ1n) is 9.95. The van der Waals surface area contributed by atoms with E-state index in [0.29, 0.717) is 18.1 Å². The molecule has 0 radical (unpaired) electrons. The van der Waals surface area contributed by atoms with Gasteiger partial charge in [0, 0.05) is 28.6 Å². The monoisotopic (exact) mass is 451 g/mol. The maximum absolute atomic E-state index is 12.8. The minimum atomic E-state index is -0.267. The van der Waals surface area contributed by atoms with Gasteiger partial charge in [0.05, 0.1) is 31.4 Å². The molecule has 162 valence electrons. The number of amides is 2. The van der Waals surface area contributed by atoms with E-state index < -0.39 is 0 Å². The van der Waals surface area contributed by atoms with Crippen molar-refractivity contribution in [2.24, 2.45) is 5.92 Å². The molecule has 0 aliphatic carbocycles. The summed E-state index contributed by atoms with van der Waals surface area (Å²) in [5, 5.41) is 15.2. The van der Waals surface area contributed by atoms with Gasteiger partial charge in [0.25, 0.3) is 0 Å². The number of carbonyl (C=O) groups excluding carboxylic acids is 2. The Kier molecular flexibility index (Phi) is 8.21. The number of halogens is 1. The van der Waals surface area contributed by atoms with Gasteiger partial charge in [-0.3, -0.25) is 9.59 Å². The summed E-state index contributed by atoms with van der Waals surface area (Å²) < 4.78 is 5.14. The van der Waals surface area contributed by atoms with Gasteiger partial charge in [-0.2, -0.15) is 0 Å². The van der Waals surface area contributed by atoms with Crippen molar-refractivity contribution in [3.8, 4) is 11.3 Å². The molecule has 3 rings (SSSR count). The summed E-state index contributed by atoms with van der Waals surface area (Å²) in [5.41, 5.74) is 1.83. The lowest BCUT2D eigenvalue weighted by molar-refractivity contribution is -0.143. The van der Waals surface area contributed by atoms with Gasteiger partial charge in [-0.25, -0.2) is 4.98 Å². The third kappa shape index (κ3) is 5.78. The zero-order valence-electron chi connectivity index (χ0n) is 16.8. The fraction of sp³-hybridized carbons (Fsp3) is 0.476. The highest BCUT2D eigenvalue weighted by atomic mass is 35.5. The van der Waals surface area contributed by atoms with E-state index >= 15 is 0 Å². The molecule has 30 heavy (non-hydrogen) atoms. The number of likely N-dealkylation sites (tertiary alicyclic amines) is 1. The second kappa shape index (κ2) is 10.9. The van der Waals surface area contributed by atoms with Crippen molar-refractivity contribution >= 4 is 34.8 Å². The number of ether oxygens (including phenoxy) is 1. The number of nitrogens with zero attached hydrogens (tertiary/aromatic N) is 2. The van der Waals surface area contributed by atoms with Crippen LogP contribution in [0, 0.1) is 5.92 Å². The van der Waals surface area contributed by atoms with Crippen LogP contribution < -0.4 is 5.32 Å². The van der Waals surface area contributed by atoms with E-state index in [1.807, 2.05) is 36.6 Å². The van der Waals surface area contributed by atoms with E-state index in [2.05, 4.69) is 10.3 Å². The molecular formula is C21H26ClN3O4S. The molecule has 1 aromatic heterocycles. The third-order valence-corrected chi connectivity index (χ3v) is 6.31. The van der Waals surface area contributed by atoms with Crippen molar-refractivity contribution < 1.29 is 19.4 Å². The molecular weight excluding hydrogens is 426 g/mol. The maximum Gasteiger partial charge on any atom is 0.248 e. The number of aliphatic hydroxyl groups is 1. The van der Waals surface area contributed by atoms with Crippen LogP contribution in [0.4, 0.5) is 0 Å². The summed E-state index contributed by atoms with van der Waals surface area (Å²) in [5.74, 6) is -0.489. The Morgan fingerprint density at radius 2 is 2.13 bits per heavy atom. The van der Waals surface area contributed by atoms with Crippen molar-refractivity contribution in [2.45, 2.75) is 32.4 Å². The third-order valence-electron chi connectivity index (χ3n) is 5.21. The molecule has 1 aromatic carbocycles. The molecule has 2 amide bonds. The lowest BCUT2D eigenvalue weighted by Gasteiger charge is -2.38. The lowest BCUT2D eigenvalue weighted by Crippen LogP contribution is -2.52. The van der Waals surface area contributed by atoms with Gasteiger partial charge in [-0.1, -0.05) is 23.7 Å². The van der Waals surface area contributed by atoms with E-state index in [0.717, 1.165) is 29.1 Å². The molecule has 2 aromatic rings. The molecule has 0 saturated carbocycles. The number of thiazole rings is 1. The average molecular weight is 452 g/mol. The van der Waals surface area contributed by atoms with Gasteiger partial charge >= 0.3 is 0 Å². The molecule has 1 fully saturated rings. The van der Waals surface area contributed by atoms with Crippen LogP contribution >= 0.6 is 22.9 Å². The van der Waals surface area contributed by atoms with E-state index in [4.69, 9.17) is 21.4 Å². The first kappa shape index (κ1) is 22.7. The molecule has 0 spiro atoms. The number of carbonyl (C=O) groups is 2. The van der Waals surface area contributed by atoms with Gasteiger partial charge in [0.2, 0.25) is 11.8 Å². The van der Waals surface area contributed by atoms with Crippen molar-refractivity contribution in [1.29, 1.82) is 0 Å². The maximum atomic E-state index is 12.8. The van der Waals surface area contributed by atoms with Gasteiger partial charge in [-0.15, -0.1) is 11.3 Å². The SMILES string of the molecule is C[C@H]1[C@@H](C(=O)NCc2nc(-c3ccc(Cl)cc3)cs2)CCCN1C(=O)COCCO. The van der Waals surface area contributed by atoms with E-state index in [9.17, 15) is 9.59 Å². The zero-order chi connectivity index (χ0) is 21.5. The molecule has 1 aliphatic rings. The first-order valence-corrected chi connectivity index (χ1v) is 11.2. The predicted octanol–water partition coefficient (Wildman–Crippen LogP) is 2.72. The second-order valence-corrected chi connectivity index (χ2v) is 8.58. The van der Waals surface area contributed by atoms with Crippen LogP contribution in [0.25, 0.3) is 11.3 Å². The quantitative estimate of drug-likeness (QED) is 0.602. The number of rotatable bonds is 8. The Morgan fingerprint density at radius 1 is 1.37 bits per heavy atom. The molecule has 0 bridgehead atoms. The molecule has 0 unspecified atom stereocenters. The number of hydrogen-bond acceptors (Lipinski definition) is 6. The van der Waals surface area contributed by atoms with Gasteiger partial charge in [0.15, 0.2) is 0 Å².